The van der Waals surface area contributed by atoms with E-state index in [4.69, 9.17) is 15.0 Å². The van der Waals surface area contributed by atoms with E-state index in [1.165, 1.54) is 25.0 Å². The largest absolute Gasteiger partial charge is 0.351 e. The molecule has 4 heterocycles. The highest BCUT2D eigenvalue weighted by atomic mass is 19.1. The van der Waals surface area contributed by atoms with E-state index in [2.05, 4.69) is 27.8 Å². The van der Waals surface area contributed by atoms with Gasteiger partial charge in [0, 0.05) is 29.4 Å². The van der Waals surface area contributed by atoms with Crippen LogP contribution in [0.15, 0.2) is 48.7 Å². The molecule has 0 amide bonds. The molecule has 1 saturated carbocycles. The van der Waals surface area contributed by atoms with Crippen LogP contribution in [0.25, 0.3) is 28.4 Å². The molecule has 0 unspecified atom stereocenters. The molecule has 2 aliphatic rings. The molecule has 0 atom stereocenters. The van der Waals surface area contributed by atoms with E-state index in [1.807, 2.05) is 10.6 Å². The number of nitrogens with one attached hydrogen (secondary N) is 2. The number of piperidine rings is 1. The van der Waals surface area contributed by atoms with E-state index in [0.717, 1.165) is 55.5 Å². The van der Waals surface area contributed by atoms with E-state index in [9.17, 15) is 4.39 Å². The molecule has 2 N–H and O–H groups in total. The fourth-order valence-electron chi connectivity index (χ4n) is 5.14. The standard InChI is InChI=1S/C26H28FN7/c27-19-7-5-18(6-8-19)25-33-24-22(10-9-21(31-24)17-11-14-28-15-12-17)34(25)23-13-16-29-26(32-23)30-20-3-1-2-4-20/h5-10,13,16-17,20,28H,1-4,11-12,14-15H2,(H,29,30,32). The number of halogens is 1. The fraction of sp³-hybridized carbons (Fsp3) is 0.385. The van der Waals surface area contributed by atoms with Gasteiger partial charge in [0.25, 0.3) is 0 Å². The van der Waals surface area contributed by atoms with Gasteiger partial charge in [-0.25, -0.2) is 19.3 Å². The Morgan fingerprint density at radius 1 is 0.882 bits per heavy atom. The lowest BCUT2D eigenvalue weighted by Crippen LogP contribution is -2.27. The zero-order valence-electron chi connectivity index (χ0n) is 19.0. The van der Waals surface area contributed by atoms with Gasteiger partial charge in [0.15, 0.2) is 5.65 Å². The van der Waals surface area contributed by atoms with Crippen molar-refractivity contribution in [1.29, 1.82) is 0 Å². The van der Waals surface area contributed by atoms with Crippen molar-refractivity contribution in [2.75, 3.05) is 18.4 Å². The van der Waals surface area contributed by atoms with Gasteiger partial charge in [0.05, 0.1) is 5.52 Å². The zero-order chi connectivity index (χ0) is 22.9. The van der Waals surface area contributed by atoms with Crippen molar-refractivity contribution in [2.24, 2.45) is 0 Å². The Labute approximate surface area is 197 Å². The summed E-state index contributed by atoms with van der Waals surface area (Å²) in [6.45, 7) is 2.02. The van der Waals surface area contributed by atoms with Crippen molar-refractivity contribution in [2.45, 2.75) is 50.5 Å². The first kappa shape index (κ1) is 21.2. The van der Waals surface area contributed by atoms with Crippen LogP contribution in [-0.2, 0) is 0 Å². The van der Waals surface area contributed by atoms with E-state index < -0.39 is 0 Å². The lowest BCUT2D eigenvalue weighted by molar-refractivity contribution is 0.454. The molecule has 0 spiro atoms. The Hall–Kier alpha value is -3.39. The number of hydrogen-bond acceptors (Lipinski definition) is 6. The summed E-state index contributed by atoms with van der Waals surface area (Å²) in [5.41, 5.74) is 3.45. The van der Waals surface area contributed by atoms with E-state index >= 15 is 0 Å². The van der Waals surface area contributed by atoms with Gasteiger partial charge in [0.1, 0.15) is 17.5 Å². The van der Waals surface area contributed by atoms with Gasteiger partial charge in [-0.3, -0.25) is 4.57 Å². The maximum atomic E-state index is 13.7. The highest BCUT2D eigenvalue weighted by molar-refractivity contribution is 5.80. The maximum Gasteiger partial charge on any atom is 0.224 e. The molecule has 0 radical (unpaired) electrons. The van der Waals surface area contributed by atoms with Crippen LogP contribution >= 0.6 is 0 Å². The minimum Gasteiger partial charge on any atom is -0.351 e. The number of benzene rings is 1. The second-order valence-electron chi connectivity index (χ2n) is 9.25. The van der Waals surface area contributed by atoms with E-state index in [0.29, 0.717) is 35.2 Å². The highest BCUT2D eigenvalue weighted by Gasteiger charge is 2.22. The number of pyridine rings is 1. The quantitative estimate of drug-likeness (QED) is 0.446. The van der Waals surface area contributed by atoms with Crippen LogP contribution in [0.4, 0.5) is 10.3 Å². The molecule has 1 saturated heterocycles. The predicted octanol–water partition coefficient (Wildman–Crippen LogP) is 4.84. The monoisotopic (exact) mass is 457 g/mol. The highest BCUT2D eigenvalue weighted by Crippen LogP contribution is 2.31. The van der Waals surface area contributed by atoms with Crippen LogP contribution in [0.5, 0.6) is 0 Å². The number of hydrogen-bond donors (Lipinski definition) is 2. The van der Waals surface area contributed by atoms with Crippen molar-refractivity contribution in [3.63, 3.8) is 0 Å². The van der Waals surface area contributed by atoms with Crippen LogP contribution in [0.2, 0.25) is 0 Å². The number of anilines is 1. The molecule has 8 heteroatoms. The van der Waals surface area contributed by atoms with Crippen LogP contribution in [0, 0.1) is 5.82 Å². The van der Waals surface area contributed by atoms with E-state index in [-0.39, 0.29) is 5.82 Å². The first-order valence-electron chi connectivity index (χ1n) is 12.2. The van der Waals surface area contributed by atoms with Gasteiger partial charge >= 0.3 is 0 Å². The van der Waals surface area contributed by atoms with Gasteiger partial charge in [-0.2, -0.15) is 4.98 Å². The van der Waals surface area contributed by atoms with Gasteiger partial charge in [-0.05, 0) is 81.2 Å². The van der Waals surface area contributed by atoms with Crippen molar-refractivity contribution in [1.82, 2.24) is 29.8 Å². The lowest BCUT2D eigenvalue weighted by Gasteiger charge is -2.21. The lowest BCUT2D eigenvalue weighted by atomic mass is 9.94. The van der Waals surface area contributed by atoms with Gasteiger partial charge in [-0.1, -0.05) is 12.8 Å². The van der Waals surface area contributed by atoms with Crippen LogP contribution in [0.1, 0.15) is 50.1 Å². The summed E-state index contributed by atoms with van der Waals surface area (Å²) < 4.78 is 15.7. The molecular weight excluding hydrogens is 429 g/mol. The normalized spacial score (nSPS) is 17.4. The average Bonchev–Trinajstić information content (AvgIpc) is 3.52. The number of nitrogens with zero attached hydrogens (tertiary/aromatic N) is 5. The molecule has 1 aliphatic heterocycles. The third kappa shape index (κ3) is 4.14. The molecule has 4 aromatic rings. The molecule has 1 aliphatic carbocycles. The summed E-state index contributed by atoms with van der Waals surface area (Å²) in [6, 6.07) is 12.9. The Morgan fingerprint density at radius 3 is 2.47 bits per heavy atom. The number of imidazole rings is 1. The SMILES string of the molecule is Fc1ccc(-c2nc3nc(C4CCNCC4)ccc3n2-c2ccnc(NC3CCCC3)n2)cc1. The third-order valence-electron chi connectivity index (χ3n) is 6.96. The average molecular weight is 458 g/mol. The van der Waals surface area contributed by atoms with Gasteiger partial charge < -0.3 is 10.6 Å². The molecule has 1 aromatic carbocycles. The summed E-state index contributed by atoms with van der Waals surface area (Å²) in [5, 5.41) is 6.90. The Kier molecular flexibility index (Phi) is 5.66. The van der Waals surface area contributed by atoms with Gasteiger partial charge in [-0.15, -0.1) is 0 Å². The minimum absolute atomic E-state index is 0.275. The Bertz CT molecular complexity index is 1290. The molecule has 6 rings (SSSR count). The number of fused-ring (bicyclic) bond motifs is 1. The van der Waals surface area contributed by atoms with Crippen molar-refractivity contribution in [3.8, 4) is 17.2 Å². The summed E-state index contributed by atoms with van der Waals surface area (Å²) in [6.07, 6.45) is 8.69. The molecule has 2 fully saturated rings. The van der Waals surface area contributed by atoms with Crippen molar-refractivity contribution < 1.29 is 4.39 Å². The van der Waals surface area contributed by atoms with Crippen molar-refractivity contribution >= 4 is 17.1 Å². The Morgan fingerprint density at radius 2 is 1.68 bits per heavy atom. The minimum atomic E-state index is -0.275. The maximum absolute atomic E-state index is 13.7. The summed E-state index contributed by atoms with van der Waals surface area (Å²) >= 11 is 0. The summed E-state index contributed by atoms with van der Waals surface area (Å²) in [7, 11) is 0. The van der Waals surface area contributed by atoms with Crippen LogP contribution < -0.4 is 10.6 Å². The number of rotatable bonds is 5. The molecule has 174 valence electrons. The second kappa shape index (κ2) is 9.10. The molecular formula is C26H28FN7. The first-order valence-corrected chi connectivity index (χ1v) is 12.2. The molecule has 34 heavy (non-hydrogen) atoms. The van der Waals surface area contributed by atoms with Crippen molar-refractivity contribution in [3.05, 3.63) is 60.2 Å². The predicted molar refractivity (Wildman–Crippen MR) is 131 cm³/mol. The third-order valence-corrected chi connectivity index (χ3v) is 6.96. The zero-order valence-corrected chi connectivity index (χ0v) is 19.0. The Balaban J connectivity index is 1.45. The summed E-state index contributed by atoms with van der Waals surface area (Å²) in [4.78, 5) is 19.2. The molecule has 7 nitrogen and oxygen atoms in total. The smallest absolute Gasteiger partial charge is 0.224 e. The molecule has 0 bridgehead atoms. The molecule has 3 aromatic heterocycles. The van der Waals surface area contributed by atoms with Crippen LogP contribution in [0.3, 0.4) is 0 Å². The second-order valence-corrected chi connectivity index (χ2v) is 9.25. The van der Waals surface area contributed by atoms with Crippen LogP contribution in [-0.4, -0.2) is 43.6 Å². The van der Waals surface area contributed by atoms with Gasteiger partial charge in [0.2, 0.25) is 5.95 Å². The number of aromatic nitrogens is 5. The summed E-state index contributed by atoms with van der Waals surface area (Å²) in [5.74, 6) is 2.19. The topological polar surface area (TPSA) is 80.5 Å². The first-order chi connectivity index (χ1) is 16.7. The fourth-order valence-corrected chi connectivity index (χ4v) is 5.14. The van der Waals surface area contributed by atoms with E-state index in [1.54, 1.807) is 18.3 Å².